The summed E-state index contributed by atoms with van der Waals surface area (Å²) in [5.74, 6) is -0.709. The third-order valence-electron chi connectivity index (χ3n) is 2.60. The Morgan fingerprint density at radius 3 is 2.79 bits per heavy atom. The van der Waals surface area contributed by atoms with Crippen LogP contribution in [-0.4, -0.2) is 39.3 Å². The molecule has 1 atom stereocenters. The van der Waals surface area contributed by atoms with Crippen molar-refractivity contribution in [1.82, 2.24) is 5.32 Å². The molecule has 0 aliphatic heterocycles. The molecule has 0 saturated heterocycles. The zero-order valence-electron chi connectivity index (χ0n) is 11.1. The predicted molar refractivity (Wildman–Crippen MR) is 69.8 cm³/mol. The number of hydrogen-bond donors (Lipinski definition) is 2. The second-order valence-electron chi connectivity index (χ2n) is 4.11. The average molecular weight is 270 g/mol. The molecule has 5 nitrogen and oxygen atoms in total. The molecule has 0 aliphatic rings. The Morgan fingerprint density at radius 1 is 1.47 bits per heavy atom. The van der Waals surface area contributed by atoms with E-state index in [4.69, 9.17) is 15.2 Å². The van der Waals surface area contributed by atoms with E-state index in [0.717, 1.165) is 0 Å². The lowest BCUT2D eigenvalue weighted by molar-refractivity contribution is 0.0946. The molecule has 0 heterocycles. The molecule has 0 saturated carbocycles. The van der Waals surface area contributed by atoms with E-state index in [1.54, 1.807) is 7.11 Å². The number of amides is 1. The molecule has 0 aromatic heterocycles. The van der Waals surface area contributed by atoms with Gasteiger partial charge in [-0.3, -0.25) is 4.79 Å². The lowest BCUT2D eigenvalue weighted by Crippen LogP contribution is -2.33. The van der Waals surface area contributed by atoms with Gasteiger partial charge in [0, 0.05) is 25.8 Å². The van der Waals surface area contributed by atoms with E-state index in [2.05, 4.69) is 5.32 Å². The van der Waals surface area contributed by atoms with Crippen LogP contribution >= 0.6 is 0 Å². The van der Waals surface area contributed by atoms with E-state index in [9.17, 15) is 9.18 Å². The Balaban J connectivity index is 2.50. The highest BCUT2D eigenvalue weighted by Crippen LogP contribution is 2.15. The van der Waals surface area contributed by atoms with E-state index in [0.29, 0.717) is 25.3 Å². The molecular weight excluding hydrogens is 251 g/mol. The predicted octanol–water partition coefficient (Wildman–Crippen LogP) is 0.928. The Kier molecular flexibility index (Phi) is 6.24. The van der Waals surface area contributed by atoms with Crippen LogP contribution in [0.15, 0.2) is 18.2 Å². The van der Waals surface area contributed by atoms with Crippen LogP contribution in [0.3, 0.4) is 0 Å². The van der Waals surface area contributed by atoms with Crippen molar-refractivity contribution in [2.45, 2.75) is 12.5 Å². The largest absolute Gasteiger partial charge is 0.497 e. The fourth-order valence-electron chi connectivity index (χ4n) is 1.57. The van der Waals surface area contributed by atoms with Gasteiger partial charge in [-0.25, -0.2) is 4.39 Å². The highest BCUT2D eigenvalue weighted by molar-refractivity contribution is 5.94. The number of methoxy groups -OCH3 is 2. The number of benzene rings is 1. The molecule has 0 spiro atoms. The molecule has 0 radical (unpaired) electrons. The maximum Gasteiger partial charge on any atom is 0.254 e. The van der Waals surface area contributed by atoms with Crippen LogP contribution in [0.4, 0.5) is 4.39 Å². The molecule has 6 heteroatoms. The van der Waals surface area contributed by atoms with Crippen molar-refractivity contribution >= 4 is 5.91 Å². The van der Waals surface area contributed by atoms with Gasteiger partial charge in [-0.15, -0.1) is 0 Å². The lowest BCUT2D eigenvalue weighted by atomic mass is 10.1. The van der Waals surface area contributed by atoms with Gasteiger partial charge in [-0.1, -0.05) is 0 Å². The Morgan fingerprint density at radius 2 is 2.21 bits per heavy atom. The van der Waals surface area contributed by atoms with Gasteiger partial charge in [0.15, 0.2) is 0 Å². The first-order chi connectivity index (χ1) is 9.08. The van der Waals surface area contributed by atoms with Crippen molar-refractivity contribution in [3.8, 4) is 5.75 Å². The summed E-state index contributed by atoms with van der Waals surface area (Å²) < 4.78 is 23.4. The molecule has 106 valence electrons. The summed E-state index contributed by atoms with van der Waals surface area (Å²) in [6.45, 7) is 0.793. The maximum absolute atomic E-state index is 13.6. The normalized spacial score (nSPS) is 12.0. The van der Waals surface area contributed by atoms with E-state index in [1.165, 1.54) is 25.3 Å². The van der Waals surface area contributed by atoms with E-state index in [-0.39, 0.29) is 11.6 Å². The first-order valence-corrected chi connectivity index (χ1v) is 5.94. The minimum Gasteiger partial charge on any atom is -0.497 e. The molecule has 1 unspecified atom stereocenters. The highest BCUT2D eigenvalue weighted by Gasteiger charge is 2.12. The van der Waals surface area contributed by atoms with Crippen LogP contribution in [-0.2, 0) is 4.74 Å². The van der Waals surface area contributed by atoms with Crippen LogP contribution in [0.2, 0.25) is 0 Å². The molecule has 3 N–H and O–H groups in total. The fourth-order valence-corrected chi connectivity index (χ4v) is 1.57. The topological polar surface area (TPSA) is 73.6 Å². The summed E-state index contributed by atoms with van der Waals surface area (Å²) in [7, 11) is 3.00. The number of nitrogens with one attached hydrogen (secondary N) is 1. The Bertz CT molecular complexity index is 426. The molecule has 1 rings (SSSR count). The third-order valence-corrected chi connectivity index (χ3v) is 2.60. The third kappa shape index (κ3) is 4.84. The molecule has 0 bridgehead atoms. The summed E-state index contributed by atoms with van der Waals surface area (Å²) >= 11 is 0. The lowest BCUT2D eigenvalue weighted by Gasteiger charge is -2.11. The number of hydrogen-bond acceptors (Lipinski definition) is 4. The van der Waals surface area contributed by atoms with Gasteiger partial charge in [-0.2, -0.15) is 0 Å². The van der Waals surface area contributed by atoms with Gasteiger partial charge < -0.3 is 20.5 Å². The zero-order valence-corrected chi connectivity index (χ0v) is 11.1. The monoisotopic (exact) mass is 270 g/mol. The van der Waals surface area contributed by atoms with Crippen molar-refractivity contribution in [2.24, 2.45) is 5.73 Å². The highest BCUT2D eigenvalue weighted by atomic mass is 19.1. The van der Waals surface area contributed by atoms with E-state index in [1.807, 2.05) is 0 Å². The summed E-state index contributed by atoms with van der Waals surface area (Å²) in [6.07, 6.45) is 0.567. The second-order valence-corrected chi connectivity index (χ2v) is 4.11. The van der Waals surface area contributed by atoms with Gasteiger partial charge in [0.25, 0.3) is 5.91 Å². The molecule has 1 amide bonds. The van der Waals surface area contributed by atoms with Gasteiger partial charge in [0.2, 0.25) is 0 Å². The Labute approximate surface area is 111 Å². The fraction of sp³-hybridized carbons (Fsp3) is 0.462. The minimum absolute atomic E-state index is 0.0129. The molecular formula is C13H19FN2O3. The molecule has 19 heavy (non-hydrogen) atoms. The van der Waals surface area contributed by atoms with Gasteiger partial charge in [-0.05, 0) is 18.6 Å². The number of rotatable bonds is 7. The molecule has 1 aromatic rings. The van der Waals surface area contributed by atoms with Gasteiger partial charge in [0.1, 0.15) is 11.6 Å². The Hall–Kier alpha value is -1.66. The van der Waals surface area contributed by atoms with E-state index >= 15 is 0 Å². The van der Waals surface area contributed by atoms with Crippen LogP contribution in [0.5, 0.6) is 5.75 Å². The number of carbonyl (C=O) groups is 1. The number of halogens is 1. The zero-order chi connectivity index (χ0) is 14.3. The summed E-state index contributed by atoms with van der Waals surface area (Å²) in [4.78, 5) is 11.7. The van der Waals surface area contributed by atoms with Gasteiger partial charge in [0.05, 0.1) is 19.3 Å². The standard InChI is InChI=1S/C13H19FN2O3/c1-18-8-9(15)5-6-16-13(17)11-4-3-10(19-2)7-12(11)14/h3-4,7,9H,5-6,8,15H2,1-2H3,(H,16,17). The van der Waals surface area contributed by atoms with Crippen LogP contribution in [0, 0.1) is 5.82 Å². The smallest absolute Gasteiger partial charge is 0.254 e. The van der Waals surface area contributed by atoms with Crippen molar-refractivity contribution in [2.75, 3.05) is 27.4 Å². The number of carbonyl (C=O) groups excluding carboxylic acids is 1. The van der Waals surface area contributed by atoms with Crippen molar-refractivity contribution in [3.05, 3.63) is 29.6 Å². The first-order valence-electron chi connectivity index (χ1n) is 5.94. The summed E-state index contributed by atoms with van der Waals surface area (Å²) in [6, 6.07) is 3.95. The van der Waals surface area contributed by atoms with Crippen molar-refractivity contribution in [3.63, 3.8) is 0 Å². The average Bonchev–Trinajstić information content (AvgIpc) is 2.38. The maximum atomic E-state index is 13.6. The van der Waals surface area contributed by atoms with Crippen molar-refractivity contribution in [1.29, 1.82) is 0 Å². The van der Waals surface area contributed by atoms with Crippen molar-refractivity contribution < 1.29 is 18.7 Å². The number of ether oxygens (including phenoxy) is 2. The van der Waals surface area contributed by atoms with Crippen LogP contribution < -0.4 is 15.8 Å². The van der Waals surface area contributed by atoms with E-state index < -0.39 is 11.7 Å². The molecule has 1 aromatic carbocycles. The molecule has 0 fully saturated rings. The van der Waals surface area contributed by atoms with Gasteiger partial charge >= 0.3 is 0 Å². The van der Waals surface area contributed by atoms with Crippen LogP contribution in [0.25, 0.3) is 0 Å². The quantitative estimate of drug-likeness (QED) is 0.773. The summed E-state index contributed by atoms with van der Waals surface area (Å²) in [5.41, 5.74) is 5.70. The second kappa shape index (κ2) is 7.70. The number of nitrogens with two attached hydrogens (primary N) is 1. The minimum atomic E-state index is -0.613. The first kappa shape index (κ1) is 15.4. The SMILES string of the molecule is COCC(N)CCNC(=O)c1ccc(OC)cc1F. The summed E-state index contributed by atoms with van der Waals surface area (Å²) in [5, 5.41) is 2.61. The van der Waals surface area contributed by atoms with Crippen LogP contribution in [0.1, 0.15) is 16.8 Å². The molecule has 0 aliphatic carbocycles.